The third kappa shape index (κ3) is 5.13. The fourth-order valence-electron chi connectivity index (χ4n) is 5.43. The maximum Gasteiger partial charge on any atom is 0.126 e. The summed E-state index contributed by atoms with van der Waals surface area (Å²) in [6.45, 7) is 6.64. The second-order valence-electron chi connectivity index (χ2n) is 11.3. The molecule has 0 saturated heterocycles. The van der Waals surface area contributed by atoms with Crippen LogP contribution in [0.15, 0.2) is 110 Å². The van der Waals surface area contributed by atoms with Crippen molar-refractivity contribution in [1.82, 2.24) is 24.5 Å². The quantitative estimate of drug-likeness (QED) is 0.184. The fourth-order valence-corrected chi connectivity index (χ4v) is 5.43. The predicted molar refractivity (Wildman–Crippen MR) is 167 cm³/mol. The van der Waals surface area contributed by atoms with Gasteiger partial charge in [-0.15, -0.1) is 29.8 Å². The van der Waals surface area contributed by atoms with Crippen LogP contribution in [0.25, 0.3) is 61.4 Å². The normalized spacial score (nSPS) is 11.5. The Morgan fingerprint density at radius 2 is 1.42 bits per heavy atom. The van der Waals surface area contributed by atoms with Gasteiger partial charge in [0.15, 0.2) is 0 Å². The SMILES string of the molecule is CC(C)(C)c1ccc(-n2c(-c3[c-]c(-c4cccc5nccnc45)ccc3)nc3c(-c4cnccc4O)cccc32)cc1.[Pt]. The Morgan fingerprint density at radius 1 is 0.698 bits per heavy atom. The number of fused-ring (bicyclic) bond motifs is 2. The van der Waals surface area contributed by atoms with Crippen LogP contribution in [0.1, 0.15) is 26.3 Å². The van der Waals surface area contributed by atoms with E-state index in [1.807, 2.05) is 48.5 Å². The molecule has 0 radical (unpaired) electrons. The van der Waals surface area contributed by atoms with E-state index in [0.717, 1.165) is 55.8 Å². The Morgan fingerprint density at radius 3 is 2.21 bits per heavy atom. The molecule has 3 heterocycles. The smallest absolute Gasteiger partial charge is 0.126 e. The van der Waals surface area contributed by atoms with E-state index >= 15 is 0 Å². The van der Waals surface area contributed by atoms with Gasteiger partial charge in [-0.2, -0.15) is 0 Å². The summed E-state index contributed by atoms with van der Waals surface area (Å²) in [4.78, 5) is 18.6. The van der Waals surface area contributed by atoms with Crippen LogP contribution in [0.2, 0.25) is 0 Å². The number of para-hydroxylation sites is 2. The van der Waals surface area contributed by atoms with Crippen molar-refractivity contribution in [1.29, 1.82) is 0 Å². The second kappa shape index (κ2) is 11.2. The number of imidazole rings is 1. The van der Waals surface area contributed by atoms with E-state index in [2.05, 4.69) is 76.7 Å². The van der Waals surface area contributed by atoms with E-state index in [9.17, 15) is 5.11 Å². The minimum atomic E-state index is 0. The van der Waals surface area contributed by atoms with E-state index < -0.39 is 0 Å². The summed E-state index contributed by atoms with van der Waals surface area (Å²) in [6, 6.07) is 32.0. The number of aromatic hydroxyl groups is 1. The topological polar surface area (TPSA) is 76.7 Å². The molecule has 7 aromatic rings. The average Bonchev–Trinajstić information content (AvgIpc) is 3.41. The van der Waals surface area contributed by atoms with E-state index in [0.29, 0.717) is 5.56 Å². The molecular weight excluding hydrogens is 714 g/mol. The van der Waals surface area contributed by atoms with Gasteiger partial charge in [0, 0.05) is 62.7 Å². The van der Waals surface area contributed by atoms with Crippen molar-refractivity contribution in [3.05, 3.63) is 121 Å². The van der Waals surface area contributed by atoms with Crippen LogP contribution in [0.5, 0.6) is 5.75 Å². The zero-order valence-electron chi connectivity index (χ0n) is 23.9. The Hall–Kier alpha value is -4.67. The molecule has 0 atom stereocenters. The van der Waals surface area contributed by atoms with Gasteiger partial charge in [0.1, 0.15) is 5.75 Å². The molecule has 43 heavy (non-hydrogen) atoms. The maximum atomic E-state index is 10.7. The van der Waals surface area contributed by atoms with Gasteiger partial charge in [0.2, 0.25) is 0 Å². The summed E-state index contributed by atoms with van der Waals surface area (Å²) in [6.07, 6.45) is 6.68. The standard InChI is InChI=1S/C36H28N5O.Pt/c1-36(2,3)25-13-15-26(16-14-25)41-31-12-6-10-28(29-22-37-18-17-32(29)42)34(31)40-35(41)24-8-4-7-23(21-24)27-9-5-11-30-33(27)39-20-19-38-30;/h4-20,22H,1-3H3,(H,37,42);/q-1;. The second-order valence-corrected chi connectivity index (χ2v) is 11.3. The average molecular weight is 742 g/mol. The number of nitrogens with zero attached hydrogens (tertiary/aromatic N) is 5. The molecule has 0 aliphatic carbocycles. The Kier molecular flexibility index (Phi) is 7.41. The first-order valence-corrected chi connectivity index (χ1v) is 13.9. The van der Waals surface area contributed by atoms with Gasteiger partial charge in [-0.05, 0) is 41.3 Å². The molecule has 0 spiro atoms. The number of hydrogen-bond acceptors (Lipinski definition) is 5. The zero-order chi connectivity index (χ0) is 28.8. The molecular formula is C36H28N5OPt-. The monoisotopic (exact) mass is 741 g/mol. The van der Waals surface area contributed by atoms with Gasteiger partial charge in [-0.25, -0.2) is 0 Å². The van der Waals surface area contributed by atoms with Gasteiger partial charge in [0.25, 0.3) is 0 Å². The van der Waals surface area contributed by atoms with Crippen LogP contribution < -0.4 is 0 Å². The Bertz CT molecular complexity index is 2090. The van der Waals surface area contributed by atoms with Crippen molar-refractivity contribution < 1.29 is 26.2 Å². The fraction of sp³-hybridized carbons (Fsp3) is 0.111. The van der Waals surface area contributed by atoms with E-state index in [1.165, 1.54) is 5.56 Å². The molecule has 7 heteroatoms. The molecule has 0 unspecified atom stereocenters. The first-order chi connectivity index (χ1) is 20.4. The van der Waals surface area contributed by atoms with Gasteiger partial charge in [-0.1, -0.05) is 68.3 Å². The summed E-state index contributed by atoms with van der Waals surface area (Å²) in [7, 11) is 0. The Labute approximate surface area is 264 Å². The van der Waals surface area contributed by atoms with Crippen LogP contribution in [0.3, 0.4) is 0 Å². The minimum absolute atomic E-state index is 0. The molecule has 0 aliphatic rings. The molecule has 214 valence electrons. The number of hydrogen-bond donors (Lipinski definition) is 1. The van der Waals surface area contributed by atoms with E-state index in [-0.39, 0.29) is 32.2 Å². The first kappa shape index (κ1) is 28.4. The summed E-state index contributed by atoms with van der Waals surface area (Å²) >= 11 is 0. The van der Waals surface area contributed by atoms with Crippen LogP contribution in [-0.4, -0.2) is 29.6 Å². The summed E-state index contributed by atoms with van der Waals surface area (Å²) in [5.41, 5.74) is 9.78. The number of pyridine rings is 1. The number of rotatable bonds is 4. The van der Waals surface area contributed by atoms with Gasteiger partial charge >= 0.3 is 0 Å². The van der Waals surface area contributed by atoms with Crippen molar-refractivity contribution in [3.8, 4) is 45.1 Å². The summed E-state index contributed by atoms with van der Waals surface area (Å²) < 4.78 is 2.16. The maximum absolute atomic E-state index is 10.7. The predicted octanol–water partition coefficient (Wildman–Crippen LogP) is 8.17. The van der Waals surface area contributed by atoms with Crippen LogP contribution in [0, 0.1) is 6.07 Å². The molecule has 0 aliphatic heterocycles. The third-order valence-corrected chi connectivity index (χ3v) is 7.59. The largest absolute Gasteiger partial charge is 0.507 e. The van der Waals surface area contributed by atoms with Gasteiger partial charge in [0.05, 0.1) is 27.9 Å². The van der Waals surface area contributed by atoms with Crippen molar-refractivity contribution in [2.45, 2.75) is 26.2 Å². The van der Waals surface area contributed by atoms with Crippen molar-refractivity contribution >= 4 is 22.1 Å². The van der Waals surface area contributed by atoms with E-state index in [1.54, 1.807) is 30.9 Å². The zero-order valence-corrected chi connectivity index (χ0v) is 26.2. The van der Waals surface area contributed by atoms with Crippen molar-refractivity contribution in [2.75, 3.05) is 0 Å². The van der Waals surface area contributed by atoms with Crippen molar-refractivity contribution in [3.63, 3.8) is 0 Å². The molecule has 0 bridgehead atoms. The number of benzene rings is 4. The van der Waals surface area contributed by atoms with E-state index in [4.69, 9.17) is 4.98 Å². The third-order valence-electron chi connectivity index (χ3n) is 7.59. The van der Waals surface area contributed by atoms with Crippen LogP contribution in [0.4, 0.5) is 0 Å². The summed E-state index contributed by atoms with van der Waals surface area (Å²) in [5, 5.41) is 10.7. The molecule has 1 N–H and O–H groups in total. The molecule has 3 aromatic heterocycles. The first-order valence-electron chi connectivity index (χ1n) is 13.9. The molecule has 0 amide bonds. The summed E-state index contributed by atoms with van der Waals surface area (Å²) in [5.74, 6) is 0.909. The molecule has 0 saturated carbocycles. The van der Waals surface area contributed by atoms with Crippen molar-refractivity contribution in [2.24, 2.45) is 0 Å². The van der Waals surface area contributed by atoms with Crippen LogP contribution in [-0.2, 0) is 26.5 Å². The molecule has 4 aromatic carbocycles. The molecule has 6 nitrogen and oxygen atoms in total. The number of aromatic nitrogens is 5. The molecule has 7 rings (SSSR count). The Balaban J connectivity index is 0.00000329. The van der Waals surface area contributed by atoms with Gasteiger partial charge < -0.3 is 9.67 Å². The minimum Gasteiger partial charge on any atom is -0.507 e. The van der Waals surface area contributed by atoms with Gasteiger partial charge in [-0.3, -0.25) is 19.9 Å². The molecule has 0 fully saturated rings. The van der Waals surface area contributed by atoms with Crippen LogP contribution >= 0.6 is 0 Å².